The highest BCUT2D eigenvalue weighted by molar-refractivity contribution is 6.32. The third-order valence-corrected chi connectivity index (χ3v) is 4.95. The van der Waals surface area contributed by atoms with Crippen LogP contribution >= 0.6 is 11.6 Å². The van der Waals surface area contributed by atoms with E-state index in [0.29, 0.717) is 41.2 Å². The number of nitrogens with one attached hydrogen (secondary N) is 2. The number of ether oxygens (including phenoxy) is 2. The fraction of sp³-hybridized carbons (Fsp3) is 0.600. The van der Waals surface area contributed by atoms with E-state index in [1.807, 2.05) is 0 Å². The molecule has 0 bridgehead atoms. The summed E-state index contributed by atoms with van der Waals surface area (Å²) in [5.41, 5.74) is 0.513. The molecule has 0 saturated carbocycles. The molecule has 0 unspecified atom stereocenters. The summed E-state index contributed by atoms with van der Waals surface area (Å²) < 4.78 is 10.5. The van der Waals surface area contributed by atoms with Crippen molar-refractivity contribution in [1.82, 2.24) is 15.1 Å². The molecule has 162 valence electrons. The van der Waals surface area contributed by atoms with Crippen molar-refractivity contribution in [1.29, 1.82) is 0 Å². The Morgan fingerprint density at radius 2 is 1.55 bits per heavy atom. The Hall–Kier alpha value is -2.03. The van der Waals surface area contributed by atoms with Crippen LogP contribution in [0, 0.1) is 5.92 Å². The number of nitrogens with zero attached hydrogens (tertiary/aromatic N) is 2. The molecule has 1 heterocycles. The standard InChI is InChI=1S/C20H31ClN4O4/c1-14(2)11-22-19(26)12-24-5-7-25(8-6-24)13-20(27)23-16-10-17(28-3)15(21)9-18(16)29-4/h9-10,14H,5-8,11-13H2,1-4H3,(H,22,26)(H,23,27). The number of halogens is 1. The molecule has 2 N–H and O–H groups in total. The number of rotatable bonds is 9. The van der Waals surface area contributed by atoms with Crippen molar-refractivity contribution >= 4 is 29.1 Å². The van der Waals surface area contributed by atoms with Crippen molar-refractivity contribution in [3.8, 4) is 11.5 Å². The summed E-state index contributed by atoms with van der Waals surface area (Å²) >= 11 is 6.10. The third kappa shape index (κ3) is 7.38. The number of carbonyl (C=O) groups excluding carboxylic acids is 2. The lowest BCUT2D eigenvalue weighted by molar-refractivity contribution is -0.123. The molecule has 2 amide bonds. The number of benzene rings is 1. The van der Waals surface area contributed by atoms with Crippen molar-refractivity contribution < 1.29 is 19.1 Å². The Kier molecular flexibility index (Phi) is 9.00. The maximum absolute atomic E-state index is 12.5. The molecule has 1 aromatic rings. The van der Waals surface area contributed by atoms with Crippen molar-refractivity contribution in [2.45, 2.75) is 13.8 Å². The second kappa shape index (κ2) is 11.2. The first-order chi connectivity index (χ1) is 13.8. The Morgan fingerprint density at radius 1 is 1.00 bits per heavy atom. The monoisotopic (exact) mass is 426 g/mol. The zero-order valence-electron chi connectivity index (χ0n) is 17.6. The van der Waals surface area contributed by atoms with E-state index in [1.54, 1.807) is 12.1 Å². The van der Waals surface area contributed by atoms with Gasteiger partial charge in [0.25, 0.3) is 0 Å². The van der Waals surface area contributed by atoms with Gasteiger partial charge in [0.2, 0.25) is 11.8 Å². The van der Waals surface area contributed by atoms with Crippen molar-refractivity contribution in [2.24, 2.45) is 5.92 Å². The predicted molar refractivity (Wildman–Crippen MR) is 114 cm³/mol. The lowest BCUT2D eigenvalue weighted by atomic mass is 10.2. The minimum Gasteiger partial charge on any atom is -0.495 e. The maximum Gasteiger partial charge on any atom is 0.238 e. The van der Waals surface area contributed by atoms with Gasteiger partial charge < -0.3 is 20.1 Å². The average Bonchev–Trinajstić information content (AvgIpc) is 2.68. The van der Waals surface area contributed by atoms with Crippen LogP contribution in [0.5, 0.6) is 11.5 Å². The molecule has 9 heteroatoms. The van der Waals surface area contributed by atoms with Crippen LogP contribution in [0.2, 0.25) is 5.02 Å². The Morgan fingerprint density at radius 3 is 2.07 bits per heavy atom. The zero-order valence-corrected chi connectivity index (χ0v) is 18.3. The molecule has 1 aromatic carbocycles. The number of anilines is 1. The number of carbonyl (C=O) groups is 2. The molecule has 0 spiro atoms. The molecule has 29 heavy (non-hydrogen) atoms. The summed E-state index contributed by atoms with van der Waals surface area (Å²) in [5.74, 6) is 1.28. The van der Waals surface area contributed by atoms with Crippen LogP contribution in [0.3, 0.4) is 0 Å². The summed E-state index contributed by atoms with van der Waals surface area (Å²) in [6.07, 6.45) is 0. The minimum atomic E-state index is -0.143. The summed E-state index contributed by atoms with van der Waals surface area (Å²) in [5, 5.41) is 6.21. The normalized spacial score (nSPS) is 15.2. The first kappa shape index (κ1) is 23.3. The van der Waals surface area contributed by atoms with Gasteiger partial charge >= 0.3 is 0 Å². The first-order valence-corrected chi connectivity index (χ1v) is 10.1. The summed E-state index contributed by atoms with van der Waals surface area (Å²) in [4.78, 5) is 28.6. The quantitative estimate of drug-likeness (QED) is 0.625. The minimum absolute atomic E-state index is 0.0497. The van der Waals surface area contributed by atoms with E-state index >= 15 is 0 Å². The highest BCUT2D eigenvalue weighted by atomic mass is 35.5. The summed E-state index contributed by atoms with van der Waals surface area (Å²) in [7, 11) is 3.03. The Bertz CT molecular complexity index is 706. The van der Waals surface area contributed by atoms with E-state index in [1.165, 1.54) is 14.2 Å². The molecule has 1 aliphatic rings. The highest BCUT2D eigenvalue weighted by Crippen LogP contribution is 2.35. The zero-order chi connectivity index (χ0) is 21.4. The fourth-order valence-electron chi connectivity index (χ4n) is 3.03. The number of piperazine rings is 1. The number of hydrogen-bond donors (Lipinski definition) is 2. The number of methoxy groups -OCH3 is 2. The topological polar surface area (TPSA) is 83.1 Å². The van der Waals surface area contributed by atoms with Crippen LogP contribution in [-0.4, -0.2) is 81.6 Å². The van der Waals surface area contributed by atoms with Gasteiger partial charge in [-0.05, 0) is 5.92 Å². The van der Waals surface area contributed by atoms with Crippen LogP contribution in [0.4, 0.5) is 5.69 Å². The average molecular weight is 427 g/mol. The Balaban J connectivity index is 1.81. The molecule has 0 atom stereocenters. The molecular formula is C20H31ClN4O4. The molecule has 1 aliphatic heterocycles. The lowest BCUT2D eigenvalue weighted by Gasteiger charge is -2.33. The highest BCUT2D eigenvalue weighted by Gasteiger charge is 2.21. The SMILES string of the molecule is COc1cc(NC(=O)CN2CCN(CC(=O)NCC(C)C)CC2)c(OC)cc1Cl. The van der Waals surface area contributed by atoms with Gasteiger partial charge in [-0.1, -0.05) is 25.4 Å². The van der Waals surface area contributed by atoms with Gasteiger partial charge in [0.1, 0.15) is 11.5 Å². The van der Waals surface area contributed by atoms with Gasteiger partial charge in [-0.2, -0.15) is 0 Å². The maximum atomic E-state index is 12.5. The molecule has 1 saturated heterocycles. The molecule has 0 radical (unpaired) electrons. The molecule has 8 nitrogen and oxygen atoms in total. The summed E-state index contributed by atoms with van der Waals surface area (Å²) in [6.45, 7) is 8.45. The van der Waals surface area contributed by atoms with E-state index in [2.05, 4.69) is 34.3 Å². The van der Waals surface area contributed by atoms with Crippen molar-refractivity contribution in [3.63, 3.8) is 0 Å². The van der Waals surface area contributed by atoms with Crippen LogP contribution in [0.1, 0.15) is 13.8 Å². The van der Waals surface area contributed by atoms with E-state index in [-0.39, 0.29) is 18.4 Å². The van der Waals surface area contributed by atoms with Crippen LogP contribution < -0.4 is 20.1 Å². The number of amides is 2. The van der Waals surface area contributed by atoms with Gasteiger partial charge in [0, 0.05) is 44.9 Å². The van der Waals surface area contributed by atoms with Gasteiger partial charge in [-0.3, -0.25) is 19.4 Å². The van der Waals surface area contributed by atoms with Crippen LogP contribution in [0.25, 0.3) is 0 Å². The lowest BCUT2D eigenvalue weighted by Crippen LogP contribution is -2.51. The van der Waals surface area contributed by atoms with E-state index in [9.17, 15) is 9.59 Å². The van der Waals surface area contributed by atoms with Gasteiger partial charge in [0.15, 0.2) is 0 Å². The van der Waals surface area contributed by atoms with E-state index in [0.717, 1.165) is 26.2 Å². The third-order valence-electron chi connectivity index (χ3n) is 4.65. The summed E-state index contributed by atoms with van der Waals surface area (Å²) in [6, 6.07) is 3.26. The predicted octanol–water partition coefficient (Wildman–Crippen LogP) is 1.69. The second-order valence-electron chi connectivity index (χ2n) is 7.49. The Labute approximate surface area is 177 Å². The smallest absolute Gasteiger partial charge is 0.238 e. The van der Waals surface area contributed by atoms with E-state index < -0.39 is 0 Å². The van der Waals surface area contributed by atoms with E-state index in [4.69, 9.17) is 21.1 Å². The van der Waals surface area contributed by atoms with Crippen molar-refractivity contribution in [2.75, 3.05) is 65.3 Å². The van der Waals surface area contributed by atoms with Crippen LogP contribution in [-0.2, 0) is 9.59 Å². The van der Waals surface area contributed by atoms with Gasteiger partial charge in [0.05, 0.1) is 38.0 Å². The largest absolute Gasteiger partial charge is 0.495 e. The molecule has 0 aliphatic carbocycles. The second-order valence-corrected chi connectivity index (χ2v) is 7.89. The molecule has 2 rings (SSSR count). The van der Waals surface area contributed by atoms with Gasteiger partial charge in [-0.15, -0.1) is 0 Å². The van der Waals surface area contributed by atoms with Crippen molar-refractivity contribution in [3.05, 3.63) is 17.2 Å². The first-order valence-electron chi connectivity index (χ1n) is 9.75. The molecular weight excluding hydrogens is 396 g/mol. The number of hydrogen-bond acceptors (Lipinski definition) is 6. The molecule has 1 fully saturated rings. The van der Waals surface area contributed by atoms with Gasteiger partial charge in [-0.25, -0.2) is 0 Å². The van der Waals surface area contributed by atoms with Crippen LogP contribution in [0.15, 0.2) is 12.1 Å². The fourth-order valence-corrected chi connectivity index (χ4v) is 3.26. The molecule has 0 aromatic heterocycles.